The van der Waals surface area contributed by atoms with Crippen molar-refractivity contribution in [3.05, 3.63) is 29.1 Å². The van der Waals surface area contributed by atoms with Gasteiger partial charge in [0.1, 0.15) is 0 Å². The van der Waals surface area contributed by atoms with Crippen molar-refractivity contribution in [3.63, 3.8) is 0 Å². The normalized spacial score (nSPS) is 33.6. The van der Waals surface area contributed by atoms with Crippen LogP contribution in [0, 0.1) is 30.1 Å². The highest BCUT2D eigenvalue weighted by Gasteiger charge is 2.59. The molecule has 2 N–H and O–H groups in total. The van der Waals surface area contributed by atoms with Crippen LogP contribution >= 0.6 is 0 Å². The lowest BCUT2D eigenvalue weighted by atomic mass is 9.78. The molecule has 0 spiro atoms. The Morgan fingerprint density at radius 1 is 1.36 bits per heavy atom. The Labute approximate surface area is 195 Å². The molecule has 0 radical (unpaired) electrons. The number of hydrogen-bond acceptors (Lipinski definition) is 5. The molecule has 1 saturated carbocycles. The van der Waals surface area contributed by atoms with Gasteiger partial charge in [-0.05, 0) is 61.5 Å². The van der Waals surface area contributed by atoms with Crippen LogP contribution in [0.5, 0.6) is 0 Å². The number of carbonyl (C=O) groups is 2. The number of likely N-dealkylation sites (tertiary alicyclic amines) is 1. The minimum Gasteiger partial charge on any atom is -0.379 e. The van der Waals surface area contributed by atoms with Crippen LogP contribution in [-0.2, 0) is 27.2 Å². The molecule has 180 valence electrons. The van der Waals surface area contributed by atoms with Crippen LogP contribution in [0.2, 0.25) is 0 Å². The third-order valence-corrected chi connectivity index (χ3v) is 8.55. The monoisotopic (exact) mass is 456 g/mol. The van der Waals surface area contributed by atoms with Crippen LogP contribution in [0.1, 0.15) is 42.5 Å². The number of aryl methyl sites for hydroxylation is 1. The Hall–Kier alpha value is -2.19. The molecule has 0 unspecified atom stereocenters. The number of pyridine rings is 1. The Morgan fingerprint density at radius 2 is 2.21 bits per heavy atom. The number of methoxy groups -OCH3 is 1. The molecule has 8 nitrogen and oxygen atoms in total. The molecule has 0 bridgehead atoms. The number of amides is 3. The van der Waals surface area contributed by atoms with E-state index in [4.69, 9.17) is 15.2 Å². The van der Waals surface area contributed by atoms with E-state index in [0.29, 0.717) is 44.6 Å². The summed E-state index contributed by atoms with van der Waals surface area (Å²) in [7, 11) is 1.76. The largest absolute Gasteiger partial charge is 0.379 e. The Morgan fingerprint density at radius 3 is 3.00 bits per heavy atom. The predicted octanol–water partition coefficient (Wildman–Crippen LogP) is 2.12. The van der Waals surface area contributed by atoms with Crippen LogP contribution in [0.3, 0.4) is 0 Å². The minimum absolute atomic E-state index is 0.127. The zero-order chi connectivity index (χ0) is 23.2. The highest BCUT2D eigenvalue weighted by Crippen LogP contribution is 2.54. The van der Waals surface area contributed by atoms with Crippen molar-refractivity contribution in [2.24, 2.45) is 28.9 Å². The highest BCUT2D eigenvalue weighted by molar-refractivity contribution is 5.86. The van der Waals surface area contributed by atoms with Crippen molar-refractivity contribution in [3.8, 4) is 0 Å². The molecule has 0 aromatic carbocycles. The molecule has 4 aliphatic rings. The maximum absolute atomic E-state index is 14.1. The number of aromatic nitrogens is 1. The average Bonchev–Trinajstić information content (AvgIpc) is 3.33. The number of hydrogen-bond donors (Lipinski definition) is 1. The van der Waals surface area contributed by atoms with E-state index in [1.807, 2.05) is 18.0 Å². The van der Waals surface area contributed by atoms with Gasteiger partial charge >= 0.3 is 6.03 Å². The number of fused-ring (bicyclic) bond motifs is 2. The molecule has 1 aliphatic carbocycles. The standard InChI is InChI=1S/C25H36N4O4/c1-16-7-19-12-28(5-3-21(19)27-11-16)23(30)25-10-17(8-18-4-6-33-14-22(18)32-2)9-20(25)13-29(15-25)24(26)31/h7,11,17-18,20,22H,3-6,8-10,12-15H2,1-2H3,(H2,26,31)/t17-,18-,20+,22-,25+/m1/s1. The number of primary amides is 1. The van der Waals surface area contributed by atoms with E-state index in [1.165, 1.54) is 0 Å². The summed E-state index contributed by atoms with van der Waals surface area (Å²) in [5, 5.41) is 0. The summed E-state index contributed by atoms with van der Waals surface area (Å²) >= 11 is 0. The first-order chi connectivity index (χ1) is 15.9. The van der Waals surface area contributed by atoms with Gasteiger partial charge in [0.05, 0.1) is 18.1 Å². The first-order valence-corrected chi connectivity index (χ1v) is 12.3. The van der Waals surface area contributed by atoms with Gasteiger partial charge in [0.2, 0.25) is 5.91 Å². The predicted molar refractivity (Wildman–Crippen MR) is 122 cm³/mol. The Bertz CT molecular complexity index is 924. The van der Waals surface area contributed by atoms with E-state index >= 15 is 0 Å². The fourth-order valence-electron chi connectivity index (χ4n) is 6.93. The first kappa shape index (κ1) is 22.6. The Kier molecular flexibility index (Phi) is 6.07. The van der Waals surface area contributed by atoms with Gasteiger partial charge in [0.25, 0.3) is 0 Å². The number of nitrogens with zero attached hydrogens (tertiary/aromatic N) is 3. The third-order valence-electron chi connectivity index (χ3n) is 8.55. The molecule has 3 aliphatic heterocycles. The van der Waals surface area contributed by atoms with Crippen molar-refractivity contribution < 1.29 is 19.1 Å². The number of carbonyl (C=O) groups excluding carboxylic acids is 2. The summed E-state index contributed by atoms with van der Waals surface area (Å²) in [4.78, 5) is 34.4. The maximum atomic E-state index is 14.1. The van der Waals surface area contributed by atoms with Crippen LogP contribution in [0.4, 0.5) is 4.79 Å². The van der Waals surface area contributed by atoms with Crippen molar-refractivity contribution in [2.75, 3.05) is 40.0 Å². The van der Waals surface area contributed by atoms with Crippen LogP contribution in [-0.4, -0.2) is 72.8 Å². The van der Waals surface area contributed by atoms with Crippen LogP contribution in [0.15, 0.2) is 12.3 Å². The van der Waals surface area contributed by atoms with Crippen LogP contribution in [0.25, 0.3) is 0 Å². The molecule has 33 heavy (non-hydrogen) atoms. The van der Waals surface area contributed by atoms with Gasteiger partial charge in [-0.2, -0.15) is 0 Å². The van der Waals surface area contributed by atoms with Crippen molar-refractivity contribution in [1.82, 2.24) is 14.8 Å². The summed E-state index contributed by atoms with van der Waals surface area (Å²) in [5.41, 5.74) is 8.49. The highest BCUT2D eigenvalue weighted by atomic mass is 16.5. The van der Waals surface area contributed by atoms with E-state index in [0.717, 1.165) is 55.5 Å². The van der Waals surface area contributed by atoms with Gasteiger partial charge in [-0.1, -0.05) is 6.07 Å². The van der Waals surface area contributed by atoms with Crippen molar-refractivity contribution >= 4 is 11.9 Å². The molecule has 1 aromatic heterocycles. The minimum atomic E-state index is -0.526. The molecule has 8 heteroatoms. The zero-order valence-electron chi connectivity index (χ0n) is 19.8. The topological polar surface area (TPSA) is 98.0 Å². The molecule has 1 aromatic rings. The molecular formula is C25H36N4O4. The van der Waals surface area contributed by atoms with E-state index in [2.05, 4.69) is 11.1 Å². The summed E-state index contributed by atoms with van der Waals surface area (Å²) < 4.78 is 11.3. The molecule has 3 amide bonds. The van der Waals surface area contributed by atoms with Crippen molar-refractivity contribution in [1.29, 1.82) is 0 Å². The van der Waals surface area contributed by atoms with Gasteiger partial charge in [-0.3, -0.25) is 9.78 Å². The van der Waals surface area contributed by atoms with Gasteiger partial charge < -0.3 is 25.0 Å². The number of nitrogens with two attached hydrogens (primary N) is 1. The average molecular weight is 457 g/mol. The summed E-state index contributed by atoms with van der Waals surface area (Å²) in [6.07, 6.45) is 6.65. The van der Waals surface area contributed by atoms with E-state index in [1.54, 1.807) is 12.0 Å². The third kappa shape index (κ3) is 4.12. The molecule has 5 atom stereocenters. The van der Waals surface area contributed by atoms with E-state index in [9.17, 15) is 9.59 Å². The zero-order valence-corrected chi connectivity index (χ0v) is 19.8. The maximum Gasteiger partial charge on any atom is 0.314 e. The number of ether oxygens (including phenoxy) is 2. The lowest BCUT2D eigenvalue weighted by Gasteiger charge is -2.37. The number of urea groups is 1. The lowest BCUT2D eigenvalue weighted by molar-refractivity contribution is -0.144. The molecule has 5 rings (SSSR count). The van der Waals surface area contributed by atoms with Gasteiger partial charge in [-0.15, -0.1) is 0 Å². The SMILES string of the molecule is CO[C@@H]1COCC[C@@H]1C[C@@H]1C[C@H]2CN(C(N)=O)C[C@@]2(C(=O)N2CCc3ncc(C)cc3C2)C1. The fraction of sp³-hybridized carbons (Fsp3) is 0.720. The summed E-state index contributed by atoms with van der Waals surface area (Å²) in [6, 6.07) is 1.73. The second-order valence-corrected chi connectivity index (χ2v) is 10.6. The second kappa shape index (κ2) is 8.87. The molecule has 3 fully saturated rings. The molecular weight excluding hydrogens is 420 g/mol. The fourth-order valence-corrected chi connectivity index (χ4v) is 6.93. The quantitative estimate of drug-likeness (QED) is 0.748. The van der Waals surface area contributed by atoms with Crippen LogP contribution < -0.4 is 5.73 Å². The van der Waals surface area contributed by atoms with Gasteiger partial charge in [0, 0.05) is 58.2 Å². The van der Waals surface area contributed by atoms with E-state index < -0.39 is 11.4 Å². The second-order valence-electron chi connectivity index (χ2n) is 10.6. The van der Waals surface area contributed by atoms with Gasteiger partial charge in [-0.25, -0.2) is 4.79 Å². The first-order valence-electron chi connectivity index (χ1n) is 12.3. The smallest absolute Gasteiger partial charge is 0.314 e. The lowest BCUT2D eigenvalue weighted by Crippen LogP contribution is -2.49. The van der Waals surface area contributed by atoms with E-state index in [-0.39, 0.29) is 17.9 Å². The molecule has 4 heterocycles. The van der Waals surface area contributed by atoms with Crippen molar-refractivity contribution in [2.45, 2.75) is 51.7 Å². The summed E-state index contributed by atoms with van der Waals surface area (Å²) in [6.45, 7) is 5.78. The molecule has 2 saturated heterocycles. The van der Waals surface area contributed by atoms with Gasteiger partial charge in [0.15, 0.2) is 0 Å². The number of rotatable bonds is 4. The Balaban J connectivity index is 1.35. The summed E-state index contributed by atoms with van der Waals surface area (Å²) in [5.74, 6) is 1.28.